The lowest BCUT2D eigenvalue weighted by atomic mass is 10.1. The molecule has 1 aromatic carbocycles. The third kappa shape index (κ3) is 5.83. The highest BCUT2D eigenvalue weighted by molar-refractivity contribution is 5.85. The van der Waals surface area contributed by atoms with E-state index in [2.05, 4.69) is 5.32 Å². The van der Waals surface area contributed by atoms with Crippen LogP contribution in [0, 0.1) is 5.82 Å². The van der Waals surface area contributed by atoms with E-state index in [1.54, 1.807) is 12.1 Å². The Hall–Kier alpha value is -1.21. The summed E-state index contributed by atoms with van der Waals surface area (Å²) in [6.45, 7) is 0.415. The molecule has 5 nitrogen and oxygen atoms in total. The van der Waals surface area contributed by atoms with Gasteiger partial charge in [-0.1, -0.05) is 12.1 Å². The lowest BCUT2D eigenvalue weighted by Gasteiger charge is -2.18. The van der Waals surface area contributed by atoms with Crippen LogP contribution in [-0.4, -0.2) is 39.3 Å². The zero-order valence-electron chi connectivity index (χ0n) is 11.5. The Bertz CT molecular complexity index is 403. The first-order chi connectivity index (χ1) is 9.08. The number of hydrogen-bond donors (Lipinski definition) is 2. The Balaban J connectivity index is 0.00000361. The average Bonchev–Trinajstić information content (AvgIpc) is 2.41. The number of nitrogens with two attached hydrogens (primary N) is 1. The molecule has 0 saturated heterocycles. The van der Waals surface area contributed by atoms with E-state index in [0.717, 1.165) is 5.56 Å². The number of rotatable bonds is 7. The van der Waals surface area contributed by atoms with Gasteiger partial charge in [-0.05, 0) is 17.7 Å². The highest BCUT2D eigenvalue weighted by Crippen LogP contribution is 2.16. The minimum atomic E-state index is -0.712. The molecule has 20 heavy (non-hydrogen) atoms. The van der Waals surface area contributed by atoms with Crippen LogP contribution in [-0.2, 0) is 14.3 Å². The third-order valence-corrected chi connectivity index (χ3v) is 2.67. The van der Waals surface area contributed by atoms with Gasteiger partial charge in [-0.15, -0.1) is 12.4 Å². The summed E-state index contributed by atoms with van der Waals surface area (Å²) < 4.78 is 22.9. The summed E-state index contributed by atoms with van der Waals surface area (Å²) in [7, 11) is 3.00. The van der Waals surface area contributed by atoms with E-state index < -0.39 is 6.04 Å². The Morgan fingerprint density at radius 2 is 1.95 bits per heavy atom. The number of carbonyl (C=O) groups is 1. The molecule has 0 aliphatic rings. The number of halogens is 2. The second-order valence-electron chi connectivity index (χ2n) is 4.08. The highest BCUT2D eigenvalue weighted by atomic mass is 35.5. The maximum Gasteiger partial charge on any atom is 0.239 e. The van der Waals surface area contributed by atoms with Crippen LogP contribution in [0.25, 0.3) is 0 Å². The second-order valence-corrected chi connectivity index (χ2v) is 4.08. The van der Waals surface area contributed by atoms with E-state index in [-0.39, 0.29) is 43.4 Å². The monoisotopic (exact) mass is 306 g/mol. The van der Waals surface area contributed by atoms with Crippen molar-refractivity contribution in [3.8, 4) is 0 Å². The number of nitrogens with one attached hydrogen (secondary N) is 1. The smallest absolute Gasteiger partial charge is 0.239 e. The maximum absolute atomic E-state index is 12.8. The van der Waals surface area contributed by atoms with Crippen LogP contribution in [0.2, 0.25) is 0 Å². The van der Waals surface area contributed by atoms with Crippen LogP contribution < -0.4 is 11.1 Å². The molecule has 7 heteroatoms. The van der Waals surface area contributed by atoms with Gasteiger partial charge in [0.1, 0.15) is 11.9 Å². The zero-order chi connectivity index (χ0) is 14.3. The molecule has 2 atom stereocenters. The van der Waals surface area contributed by atoms with Gasteiger partial charge in [-0.25, -0.2) is 4.39 Å². The lowest BCUT2D eigenvalue weighted by Crippen LogP contribution is -2.44. The predicted octanol–water partition coefficient (Wildman–Crippen LogP) is 1.02. The molecule has 0 fully saturated rings. The molecule has 0 bridgehead atoms. The summed E-state index contributed by atoms with van der Waals surface area (Å²) in [5.41, 5.74) is 6.37. The first-order valence-electron chi connectivity index (χ1n) is 5.89. The van der Waals surface area contributed by atoms with Crippen LogP contribution in [0.3, 0.4) is 0 Å². The van der Waals surface area contributed by atoms with Crippen LogP contribution in [0.4, 0.5) is 4.39 Å². The minimum absolute atomic E-state index is 0. The van der Waals surface area contributed by atoms with Gasteiger partial charge in [-0.2, -0.15) is 0 Å². The first-order valence-corrected chi connectivity index (χ1v) is 5.89. The van der Waals surface area contributed by atoms with Gasteiger partial charge in [0.15, 0.2) is 0 Å². The van der Waals surface area contributed by atoms with Crippen molar-refractivity contribution in [2.24, 2.45) is 5.73 Å². The molecule has 0 radical (unpaired) electrons. The summed E-state index contributed by atoms with van der Waals surface area (Å²) >= 11 is 0. The molecule has 0 aliphatic carbocycles. The second kappa shape index (κ2) is 9.66. The molecule has 2 unspecified atom stereocenters. The van der Waals surface area contributed by atoms with E-state index >= 15 is 0 Å². The van der Waals surface area contributed by atoms with Crippen molar-refractivity contribution < 1.29 is 18.7 Å². The Morgan fingerprint density at radius 1 is 1.35 bits per heavy atom. The van der Waals surface area contributed by atoms with E-state index in [4.69, 9.17) is 15.2 Å². The summed E-state index contributed by atoms with van der Waals surface area (Å²) in [6, 6.07) is 5.21. The molecule has 0 aromatic heterocycles. The van der Waals surface area contributed by atoms with Gasteiger partial charge in [-0.3, -0.25) is 4.79 Å². The molecule has 114 valence electrons. The molecule has 0 aliphatic heterocycles. The van der Waals surface area contributed by atoms with Crippen molar-refractivity contribution >= 4 is 18.3 Å². The van der Waals surface area contributed by atoms with Gasteiger partial charge in [0.05, 0.1) is 12.7 Å². The Morgan fingerprint density at radius 3 is 2.45 bits per heavy atom. The number of benzene rings is 1. The van der Waals surface area contributed by atoms with Crippen LogP contribution in [0.5, 0.6) is 0 Å². The Kier molecular flexibility index (Phi) is 9.07. The van der Waals surface area contributed by atoms with Crippen molar-refractivity contribution in [2.45, 2.75) is 12.1 Å². The third-order valence-electron chi connectivity index (χ3n) is 2.67. The van der Waals surface area contributed by atoms with E-state index in [1.165, 1.54) is 26.4 Å². The zero-order valence-corrected chi connectivity index (χ0v) is 12.3. The number of carbonyl (C=O) groups excluding carboxylic acids is 1. The molecular weight excluding hydrogens is 287 g/mol. The Labute approximate surface area is 124 Å². The van der Waals surface area contributed by atoms with Gasteiger partial charge >= 0.3 is 0 Å². The van der Waals surface area contributed by atoms with Crippen LogP contribution in [0.1, 0.15) is 11.7 Å². The fourth-order valence-electron chi connectivity index (χ4n) is 1.59. The summed E-state index contributed by atoms with van der Waals surface area (Å²) in [6.07, 6.45) is -0.348. The molecule has 0 spiro atoms. The van der Waals surface area contributed by atoms with Crippen molar-refractivity contribution in [3.05, 3.63) is 35.6 Å². The molecule has 0 saturated carbocycles. The van der Waals surface area contributed by atoms with Crippen molar-refractivity contribution in [1.82, 2.24) is 5.32 Å². The van der Waals surface area contributed by atoms with Crippen molar-refractivity contribution in [1.29, 1.82) is 0 Å². The number of ether oxygens (including phenoxy) is 2. The van der Waals surface area contributed by atoms with Crippen LogP contribution >= 0.6 is 12.4 Å². The lowest BCUT2D eigenvalue weighted by molar-refractivity contribution is -0.124. The van der Waals surface area contributed by atoms with Gasteiger partial charge < -0.3 is 20.5 Å². The minimum Gasteiger partial charge on any atom is -0.383 e. The fourth-order valence-corrected chi connectivity index (χ4v) is 1.59. The van der Waals surface area contributed by atoms with E-state index in [0.29, 0.717) is 0 Å². The van der Waals surface area contributed by atoms with Crippen LogP contribution in [0.15, 0.2) is 24.3 Å². The molecule has 1 rings (SSSR count). The molecule has 1 amide bonds. The van der Waals surface area contributed by atoms with Crippen molar-refractivity contribution in [3.63, 3.8) is 0 Å². The summed E-state index contributed by atoms with van der Waals surface area (Å²) in [4.78, 5) is 11.6. The normalized spacial score (nSPS) is 13.2. The topological polar surface area (TPSA) is 73.6 Å². The van der Waals surface area contributed by atoms with E-state index in [1.807, 2.05) is 0 Å². The van der Waals surface area contributed by atoms with E-state index in [9.17, 15) is 9.18 Å². The summed E-state index contributed by atoms with van der Waals surface area (Å²) in [5, 5.41) is 2.67. The molecular formula is C13H20ClFN2O3. The van der Waals surface area contributed by atoms with Gasteiger partial charge in [0, 0.05) is 20.8 Å². The fraction of sp³-hybridized carbons (Fsp3) is 0.462. The first kappa shape index (κ1) is 18.8. The summed E-state index contributed by atoms with van der Waals surface area (Å²) in [5.74, 6) is -0.629. The van der Waals surface area contributed by atoms with Gasteiger partial charge in [0.2, 0.25) is 5.91 Å². The molecule has 1 aromatic rings. The number of methoxy groups -OCH3 is 2. The SMILES string of the molecule is COCC(N)C(=O)NCC(OC)c1ccc(F)cc1.Cl. The standard InChI is InChI=1S/C13H19FN2O3.ClH/c1-18-8-11(15)13(17)16-7-12(19-2)9-3-5-10(14)6-4-9;/h3-6,11-12H,7-8,15H2,1-2H3,(H,16,17);1H. The number of hydrogen-bond acceptors (Lipinski definition) is 4. The number of amides is 1. The average molecular weight is 307 g/mol. The predicted molar refractivity (Wildman–Crippen MR) is 76.3 cm³/mol. The quantitative estimate of drug-likeness (QED) is 0.789. The largest absolute Gasteiger partial charge is 0.383 e. The molecule has 0 heterocycles. The highest BCUT2D eigenvalue weighted by Gasteiger charge is 2.16. The van der Waals surface area contributed by atoms with Gasteiger partial charge in [0.25, 0.3) is 0 Å². The van der Waals surface area contributed by atoms with Crippen molar-refractivity contribution in [2.75, 3.05) is 27.4 Å². The molecule has 3 N–H and O–H groups in total. The maximum atomic E-state index is 12.8.